The van der Waals surface area contributed by atoms with E-state index >= 15 is 0 Å². The van der Waals surface area contributed by atoms with Gasteiger partial charge in [-0.05, 0) is 49.5 Å². The molecule has 0 unspecified atom stereocenters. The number of allylic oxidation sites excluding steroid dienone is 1. The predicted octanol–water partition coefficient (Wildman–Crippen LogP) is 4.38. The van der Waals surface area contributed by atoms with E-state index in [1.165, 1.54) is 6.92 Å². The minimum atomic E-state index is -1.61. The van der Waals surface area contributed by atoms with Gasteiger partial charge in [0.05, 0.1) is 17.6 Å². The third-order valence-corrected chi connectivity index (χ3v) is 7.42. The quantitative estimate of drug-likeness (QED) is 0.489. The lowest BCUT2D eigenvalue weighted by Crippen LogP contribution is -2.49. The average Bonchev–Trinajstić information content (AvgIpc) is 3.07. The normalized spacial score (nSPS) is 30.8. The van der Waals surface area contributed by atoms with Crippen LogP contribution in [-0.2, 0) is 23.9 Å². The molecular weight excluding hydrogens is 460 g/mol. The van der Waals surface area contributed by atoms with Gasteiger partial charge in [-0.3, -0.25) is 14.4 Å². The standard InChI is InChI=1S/C29H36O7/c1-17-12-13-28(5,6)24(32)15-23(31)18(2)14-22-25(35-27(34)21-10-8-7-9-11-21)19(3)16-29(22,26(17)33)36-20(4)30/h7-12,14,19,22-23,25,31H,13,15-16H2,1-6H3/t19-,22+,23-,25+,29-/m1/s1. The first-order valence-electron chi connectivity index (χ1n) is 12.4. The van der Waals surface area contributed by atoms with Crippen molar-refractivity contribution in [2.24, 2.45) is 17.3 Å². The maximum atomic E-state index is 14.0. The lowest BCUT2D eigenvalue weighted by molar-refractivity contribution is -0.168. The average molecular weight is 497 g/mol. The summed E-state index contributed by atoms with van der Waals surface area (Å²) in [6, 6.07) is 8.52. The molecular formula is C29H36O7. The summed E-state index contributed by atoms with van der Waals surface area (Å²) in [5.41, 5.74) is -1.21. The number of aliphatic hydroxyl groups excluding tert-OH is 1. The SMILES string of the molecule is CC(=O)O[C@]12C[C@@H](C)[C@H](OC(=O)c3ccccc3)[C@@H]1C=C(C)[C@H](O)CC(=O)C(C)(C)CC=C(C)C2=O. The van der Waals surface area contributed by atoms with Gasteiger partial charge in [0.2, 0.25) is 5.78 Å². The number of ketones is 2. The zero-order valence-electron chi connectivity index (χ0n) is 21.9. The highest BCUT2D eigenvalue weighted by molar-refractivity contribution is 6.03. The van der Waals surface area contributed by atoms with Crippen LogP contribution in [0.2, 0.25) is 0 Å². The first-order chi connectivity index (χ1) is 16.8. The second-order valence-electron chi connectivity index (χ2n) is 10.8. The Morgan fingerprint density at radius 1 is 1.08 bits per heavy atom. The molecule has 1 fully saturated rings. The first kappa shape index (κ1) is 27.5. The Morgan fingerprint density at radius 2 is 1.72 bits per heavy atom. The van der Waals surface area contributed by atoms with Gasteiger partial charge in [0.25, 0.3) is 0 Å². The second kappa shape index (κ2) is 10.5. The molecule has 2 aliphatic rings. The summed E-state index contributed by atoms with van der Waals surface area (Å²) in [5.74, 6) is -2.88. The van der Waals surface area contributed by atoms with Crippen LogP contribution in [0.3, 0.4) is 0 Å². The number of benzene rings is 1. The molecule has 0 spiro atoms. The molecule has 1 N–H and O–H groups in total. The Kier molecular flexibility index (Phi) is 8.04. The fraction of sp³-hybridized carbons (Fsp3) is 0.517. The van der Waals surface area contributed by atoms with E-state index in [9.17, 15) is 24.3 Å². The largest absolute Gasteiger partial charge is 0.458 e. The fourth-order valence-electron chi connectivity index (χ4n) is 5.15. The van der Waals surface area contributed by atoms with Crippen molar-refractivity contribution in [3.8, 4) is 0 Å². The van der Waals surface area contributed by atoms with Crippen LogP contribution in [0.5, 0.6) is 0 Å². The molecule has 5 atom stereocenters. The number of ether oxygens (including phenoxy) is 2. The number of carbonyl (C=O) groups is 4. The number of esters is 2. The summed E-state index contributed by atoms with van der Waals surface area (Å²) in [6.07, 6.45) is 1.80. The number of hydrogen-bond acceptors (Lipinski definition) is 7. The number of rotatable bonds is 3. The van der Waals surface area contributed by atoms with Crippen LogP contribution in [0.25, 0.3) is 0 Å². The minimum absolute atomic E-state index is 0.0898. The first-order valence-corrected chi connectivity index (χ1v) is 12.4. The molecule has 0 bridgehead atoms. The Balaban J connectivity index is 2.15. The van der Waals surface area contributed by atoms with E-state index in [0.29, 0.717) is 23.1 Å². The molecule has 36 heavy (non-hydrogen) atoms. The molecule has 7 heteroatoms. The van der Waals surface area contributed by atoms with Crippen LogP contribution >= 0.6 is 0 Å². The molecule has 0 heterocycles. The summed E-state index contributed by atoms with van der Waals surface area (Å²) >= 11 is 0. The third kappa shape index (κ3) is 5.51. The van der Waals surface area contributed by atoms with Crippen LogP contribution in [0.4, 0.5) is 0 Å². The molecule has 0 aromatic heterocycles. The second-order valence-corrected chi connectivity index (χ2v) is 10.8. The molecule has 0 amide bonds. The predicted molar refractivity (Wildman–Crippen MR) is 134 cm³/mol. The van der Waals surface area contributed by atoms with Crippen molar-refractivity contribution in [2.75, 3.05) is 0 Å². The van der Waals surface area contributed by atoms with Crippen LogP contribution < -0.4 is 0 Å². The van der Waals surface area contributed by atoms with Gasteiger partial charge in [0.15, 0.2) is 5.60 Å². The highest BCUT2D eigenvalue weighted by Gasteiger charge is 2.60. The highest BCUT2D eigenvalue weighted by atomic mass is 16.6. The topological polar surface area (TPSA) is 107 Å². The third-order valence-electron chi connectivity index (χ3n) is 7.42. The van der Waals surface area contributed by atoms with Gasteiger partial charge in [-0.25, -0.2) is 4.79 Å². The van der Waals surface area contributed by atoms with E-state index in [1.807, 2.05) is 6.92 Å². The molecule has 0 aliphatic heterocycles. The van der Waals surface area contributed by atoms with Gasteiger partial charge in [0, 0.05) is 25.2 Å². The van der Waals surface area contributed by atoms with E-state index < -0.39 is 46.9 Å². The molecule has 1 aromatic rings. The summed E-state index contributed by atoms with van der Waals surface area (Å²) in [6.45, 7) is 9.97. The number of Topliss-reactive ketones (excluding diaryl/α,β-unsaturated/α-hetero) is 2. The van der Waals surface area contributed by atoms with Gasteiger partial charge in [-0.2, -0.15) is 0 Å². The van der Waals surface area contributed by atoms with Crippen molar-refractivity contribution in [2.45, 2.75) is 78.6 Å². The van der Waals surface area contributed by atoms with Crippen molar-refractivity contribution in [3.05, 3.63) is 59.2 Å². The van der Waals surface area contributed by atoms with Crippen LogP contribution in [0.1, 0.15) is 71.2 Å². The Hall–Kier alpha value is -3.06. The minimum Gasteiger partial charge on any atom is -0.458 e. The van der Waals surface area contributed by atoms with Crippen molar-refractivity contribution >= 4 is 23.5 Å². The lowest BCUT2D eigenvalue weighted by atomic mass is 9.77. The maximum absolute atomic E-state index is 14.0. The lowest BCUT2D eigenvalue weighted by Gasteiger charge is -2.35. The number of hydrogen-bond donors (Lipinski definition) is 1. The van der Waals surface area contributed by atoms with Crippen molar-refractivity contribution < 1.29 is 33.8 Å². The van der Waals surface area contributed by atoms with E-state index in [-0.39, 0.29) is 24.5 Å². The smallest absolute Gasteiger partial charge is 0.338 e. The molecule has 0 radical (unpaired) electrons. The van der Waals surface area contributed by atoms with Gasteiger partial charge in [0.1, 0.15) is 11.9 Å². The van der Waals surface area contributed by atoms with Gasteiger partial charge in [-0.1, -0.05) is 51.1 Å². The maximum Gasteiger partial charge on any atom is 0.338 e. The highest BCUT2D eigenvalue weighted by Crippen LogP contribution is 2.48. The summed E-state index contributed by atoms with van der Waals surface area (Å²) in [7, 11) is 0. The Labute approximate surface area is 212 Å². The Morgan fingerprint density at radius 3 is 2.33 bits per heavy atom. The van der Waals surface area contributed by atoms with Crippen molar-refractivity contribution in [1.82, 2.24) is 0 Å². The number of fused-ring (bicyclic) bond motifs is 1. The molecule has 3 rings (SSSR count). The monoisotopic (exact) mass is 496 g/mol. The molecule has 0 saturated heterocycles. The number of aliphatic hydroxyl groups is 1. The summed E-state index contributed by atoms with van der Waals surface area (Å²) in [5, 5.41) is 10.9. The Bertz CT molecular complexity index is 1100. The summed E-state index contributed by atoms with van der Waals surface area (Å²) in [4.78, 5) is 52.2. The van der Waals surface area contributed by atoms with Crippen molar-refractivity contribution in [1.29, 1.82) is 0 Å². The molecule has 1 saturated carbocycles. The summed E-state index contributed by atoms with van der Waals surface area (Å²) < 4.78 is 11.8. The fourth-order valence-corrected chi connectivity index (χ4v) is 5.15. The van der Waals surface area contributed by atoms with E-state index in [1.54, 1.807) is 70.2 Å². The van der Waals surface area contributed by atoms with Crippen molar-refractivity contribution in [3.63, 3.8) is 0 Å². The van der Waals surface area contributed by atoms with E-state index in [0.717, 1.165) is 0 Å². The van der Waals surface area contributed by atoms with Gasteiger partial charge in [-0.15, -0.1) is 0 Å². The molecule has 194 valence electrons. The van der Waals surface area contributed by atoms with E-state index in [4.69, 9.17) is 9.47 Å². The van der Waals surface area contributed by atoms with Crippen LogP contribution in [0.15, 0.2) is 53.6 Å². The zero-order valence-corrected chi connectivity index (χ0v) is 21.9. The van der Waals surface area contributed by atoms with Gasteiger partial charge >= 0.3 is 11.9 Å². The molecule has 1 aromatic carbocycles. The molecule has 7 nitrogen and oxygen atoms in total. The number of carbonyl (C=O) groups excluding carboxylic acids is 4. The van der Waals surface area contributed by atoms with Crippen LogP contribution in [0, 0.1) is 17.3 Å². The van der Waals surface area contributed by atoms with E-state index in [2.05, 4.69) is 0 Å². The van der Waals surface area contributed by atoms with Crippen LogP contribution in [-0.4, -0.2) is 46.4 Å². The zero-order chi connectivity index (χ0) is 26.8. The molecule has 2 aliphatic carbocycles. The van der Waals surface area contributed by atoms with Gasteiger partial charge < -0.3 is 14.6 Å².